The van der Waals surface area contributed by atoms with Crippen LogP contribution >= 0.6 is 0 Å². The van der Waals surface area contributed by atoms with Crippen molar-refractivity contribution in [3.05, 3.63) is 58.7 Å². The van der Waals surface area contributed by atoms with E-state index < -0.39 is 11.8 Å². The predicted octanol–water partition coefficient (Wildman–Crippen LogP) is 2.78. The molecule has 0 saturated carbocycles. The van der Waals surface area contributed by atoms with Crippen molar-refractivity contribution in [1.29, 1.82) is 0 Å². The molecule has 0 radical (unpaired) electrons. The van der Waals surface area contributed by atoms with Crippen molar-refractivity contribution in [2.24, 2.45) is 0 Å². The van der Waals surface area contributed by atoms with Gasteiger partial charge in [-0.1, -0.05) is 6.07 Å². The topological polar surface area (TPSA) is 67.9 Å². The van der Waals surface area contributed by atoms with Crippen molar-refractivity contribution in [3.8, 4) is 11.5 Å². The summed E-state index contributed by atoms with van der Waals surface area (Å²) < 4.78 is 10.5. The number of benzene rings is 2. The Balaban J connectivity index is 1.99. The van der Waals surface area contributed by atoms with Crippen LogP contribution in [0, 0.1) is 13.8 Å². The molecule has 2 amide bonds. The number of carbonyl (C=O) groups excluding carboxylic acids is 2. The van der Waals surface area contributed by atoms with Gasteiger partial charge in [0.05, 0.1) is 19.9 Å². The molecule has 6 nitrogen and oxygen atoms in total. The van der Waals surface area contributed by atoms with E-state index in [0.29, 0.717) is 22.7 Å². The van der Waals surface area contributed by atoms with Gasteiger partial charge in [0, 0.05) is 5.56 Å². The number of aryl methyl sites for hydroxylation is 2. The summed E-state index contributed by atoms with van der Waals surface area (Å²) in [6.07, 6.45) is 1.51. The summed E-state index contributed by atoms with van der Waals surface area (Å²) >= 11 is 0. The molecule has 134 valence electrons. The molecule has 0 aromatic heterocycles. The first-order valence-electron chi connectivity index (χ1n) is 8.11. The summed E-state index contributed by atoms with van der Waals surface area (Å²) in [5.74, 6) is 0.277. The number of hydrazine groups is 1. The van der Waals surface area contributed by atoms with E-state index in [4.69, 9.17) is 9.47 Å². The van der Waals surface area contributed by atoms with E-state index in [0.717, 1.165) is 11.1 Å². The smallest absolute Gasteiger partial charge is 0.282 e. The first kappa shape index (κ1) is 17.5. The quantitative estimate of drug-likeness (QED) is 0.679. The van der Waals surface area contributed by atoms with E-state index in [9.17, 15) is 9.59 Å². The molecule has 1 heterocycles. The molecule has 1 aliphatic heterocycles. The van der Waals surface area contributed by atoms with Crippen LogP contribution in [0.3, 0.4) is 0 Å². The second kappa shape index (κ2) is 6.92. The molecule has 2 aromatic carbocycles. The minimum absolute atomic E-state index is 0.0368. The second-order valence-electron chi connectivity index (χ2n) is 6.02. The van der Waals surface area contributed by atoms with Crippen LogP contribution in [0.15, 0.2) is 42.0 Å². The molecular formula is C20H20N2O4. The van der Waals surface area contributed by atoms with Gasteiger partial charge >= 0.3 is 0 Å². The number of nitrogens with zero attached hydrogens (tertiary/aromatic N) is 1. The first-order valence-corrected chi connectivity index (χ1v) is 8.11. The fourth-order valence-corrected chi connectivity index (χ4v) is 2.71. The monoisotopic (exact) mass is 352 g/mol. The minimum atomic E-state index is -0.460. The molecule has 3 rings (SSSR count). The SMILES string of the molecule is COc1ccc(OC)c(/C=C2\C(=O)NN(c3ccc(C)c(C)c3)C2=O)c1. The molecule has 0 spiro atoms. The Kier molecular flexibility index (Phi) is 4.67. The fourth-order valence-electron chi connectivity index (χ4n) is 2.71. The van der Waals surface area contributed by atoms with Crippen molar-refractivity contribution in [1.82, 2.24) is 5.43 Å². The average Bonchev–Trinajstić information content (AvgIpc) is 2.92. The Hall–Kier alpha value is -3.28. The van der Waals surface area contributed by atoms with Crippen LogP contribution in [-0.4, -0.2) is 26.0 Å². The summed E-state index contributed by atoms with van der Waals surface area (Å²) in [7, 11) is 3.08. The van der Waals surface area contributed by atoms with Crippen molar-refractivity contribution in [3.63, 3.8) is 0 Å². The van der Waals surface area contributed by atoms with Crippen LogP contribution in [0.2, 0.25) is 0 Å². The van der Waals surface area contributed by atoms with Crippen LogP contribution in [0.5, 0.6) is 11.5 Å². The van der Waals surface area contributed by atoms with Gasteiger partial charge in [0.15, 0.2) is 0 Å². The molecule has 1 aliphatic rings. The molecule has 0 aliphatic carbocycles. The number of amides is 2. The number of methoxy groups -OCH3 is 2. The van der Waals surface area contributed by atoms with E-state index in [1.54, 1.807) is 31.4 Å². The van der Waals surface area contributed by atoms with E-state index in [2.05, 4.69) is 5.43 Å². The predicted molar refractivity (Wildman–Crippen MR) is 99.1 cm³/mol. The summed E-state index contributed by atoms with van der Waals surface area (Å²) in [4.78, 5) is 25.1. The number of anilines is 1. The van der Waals surface area contributed by atoms with Crippen molar-refractivity contribution < 1.29 is 19.1 Å². The number of carbonyl (C=O) groups is 2. The Morgan fingerprint density at radius 1 is 0.962 bits per heavy atom. The highest BCUT2D eigenvalue weighted by Crippen LogP contribution is 2.29. The molecule has 1 saturated heterocycles. The van der Waals surface area contributed by atoms with E-state index in [-0.39, 0.29) is 5.57 Å². The third-order valence-electron chi connectivity index (χ3n) is 4.38. The Morgan fingerprint density at radius 2 is 1.73 bits per heavy atom. The van der Waals surface area contributed by atoms with Crippen molar-refractivity contribution >= 4 is 23.6 Å². The van der Waals surface area contributed by atoms with Gasteiger partial charge in [-0.15, -0.1) is 0 Å². The zero-order chi connectivity index (χ0) is 18.8. The Labute approximate surface area is 152 Å². The summed E-state index contributed by atoms with van der Waals surface area (Å²) in [6, 6.07) is 10.8. The molecule has 0 unspecified atom stereocenters. The van der Waals surface area contributed by atoms with Gasteiger partial charge in [0.2, 0.25) is 0 Å². The molecule has 0 atom stereocenters. The lowest BCUT2D eigenvalue weighted by atomic mass is 10.1. The summed E-state index contributed by atoms with van der Waals surface area (Å²) in [5, 5.41) is 1.26. The largest absolute Gasteiger partial charge is 0.497 e. The second-order valence-corrected chi connectivity index (χ2v) is 6.02. The highest BCUT2D eigenvalue weighted by atomic mass is 16.5. The van der Waals surface area contributed by atoms with Gasteiger partial charge < -0.3 is 9.47 Å². The number of ether oxygens (including phenoxy) is 2. The van der Waals surface area contributed by atoms with Gasteiger partial charge in [-0.3, -0.25) is 15.0 Å². The average molecular weight is 352 g/mol. The molecule has 2 aromatic rings. The molecular weight excluding hydrogens is 332 g/mol. The molecule has 26 heavy (non-hydrogen) atoms. The molecule has 6 heteroatoms. The lowest BCUT2D eigenvalue weighted by molar-refractivity contribution is -0.117. The van der Waals surface area contributed by atoms with Crippen LogP contribution in [0.25, 0.3) is 6.08 Å². The van der Waals surface area contributed by atoms with Gasteiger partial charge in [-0.2, -0.15) is 0 Å². The van der Waals surface area contributed by atoms with E-state index >= 15 is 0 Å². The lowest BCUT2D eigenvalue weighted by Crippen LogP contribution is -2.35. The highest BCUT2D eigenvalue weighted by Gasteiger charge is 2.34. The Bertz CT molecular complexity index is 918. The van der Waals surface area contributed by atoms with Gasteiger partial charge in [-0.25, -0.2) is 5.01 Å². The summed E-state index contributed by atoms with van der Waals surface area (Å²) in [6.45, 7) is 3.95. The zero-order valence-electron chi connectivity index (χ0n) is 15.1. The third kappa shape index (κ3) is 3.13. The number of hydrogen-bond acceptors (Lipinski definition) is 4. The maximum absolute atomic E-state index is 12.8. The maximum Gasteiger partial charge on any atom is 0.282 e. The van der Waals surface area contributed by atoms with Gasteiger partial charge in [0.1, 0.15) is 17.1 Å². The third-order valence-corrected chi connectivity index (χ3v) is 4.38. The lowest BCUT2D eigenvalue weighted by Gasteiger charge is -2.16. The number of nitrogens with one attached hydrogen (secondary N) is 1. The minimum Gasteiger partial charge on any atom is -0.497 e. The molecule has 0 bridgehead atoms. The first-order chi connectivity index (χ1) is 12.4. The normalized spacial score (nSPS) is 15.4. The number of rotatable bonds is 4. The van der Waals surface area contributed by atoms with Gasteiger partial charge in [-0.05, 0) is 61.4 Å². The van der Waals surface area contributed by atoms with Gasteiger partial charge in [0.25, 0.3) is 11.8 Å². The molecule has 1 fully saturated rings. The molecule has 1 N–H and O–H groups in total. The van der Waals surface area contributed by atoms with Crippen molar-refractivity contribution in [2.45, 2.75) is 13.8 Å². The van der Waals surface area contributed by atoms with Crippen molar-refractivity contribution in [2.75, 3.05) is 19.2 Å². The highest BCUT2D eigenvalue weighted by molar-refractivity contribution is 6.31. The van der Waals surface area contributed by atoms with Crippen LogP contribution in [0.4, 0.5) is 5.69 Å². The number of hydrogen-bond donors (Lipinski definition) is 1. The maximum atomic E-state index is 12.8. The Morgan fingerprint density at radius 3 is 2.38 bits per heavy atom. The van der Waals surface area contributed by atoms with E-state index in [1.165, 1.54) is 18.2 Å². The van der Waals surface area contributed by atoms with Crippen LogP contribution in [-0.2, 0) is 9.59 Å². The summed E-state index contributed by atoms with van der Waals surface area (Å²) in [5.41, 5.74) is 6.01. The van der Waals surface area contributed by atoms with E-state index in [1.807, 2.05) is 26.0 Å². The van der Waals surface area contributed by atoms with Crippen LogP contribution in [0.1, 0.15) is 16.7 Å². The standard InChI is InChI=1S/C20H20N2O4/c1-12-5-6-15(9-13(12)2)22-20(24)17(19(23)21-22)11-14-10-16(25-3)7-8-18(14)26-4/h5-11H,1-4H3,(H,21,23)/b17-11+. The fraction of sp³-hybridized carbons (Fsp3) is 0.200. The zero-order valence-corrected chi connectivity index (χ0v) is 15.1. The van der Waals surface area contributed by atoms with Crippen LogP contribution < -0.4 is 19.9 Å².